The van der Waals surface area contributed by atoms with Crippen LogP contribution in [0.15, 0.2) is 0 Å². The maximum absolute atomic E-state index is 16.4. The van der Waals surface area contributed by atoms with Gasteiger partial charge in [-0.25, -0.2) is 47.9 Å². The second-order valence-corrected chi connectivity index (χ2v) is 25.2. The largest absolute Gasteiger partial charge is 0.326 e. The molecule has 0 spiro atoms. The van der Waals surface area contributed by atoms with Crippen LogP contribution >= 0.6 is 0 Å². The Morgan fingerprint density at radius 2 is 0.240 bits per heavy atom. The zero-order valence-electron chi connectivity index (χ0n) is 40.7. The van der Waals surface area contributed by atoms with E-state index in [1.54, 1.807) is 98.0 Å². The van der Waals surface area contributed by atoms with Crippen LogP contribution in [0.1, 0.15) is 96.3 Å². The van der Waals surface area contributed by atoms with Gasteiger partial charge in [0, 0.05) is 0 Å². The number of hydrogen-bond donors (Lipinski definition) is 0. The van der Waals surface area contributed by atoms with Gasteiger partial charge in [0.1, 0.15) is 66.7 Å². The van der Waals surface area contributed by atoms with Gasteiger partial charge in [-0.05, 0) is 96.3 Å². The van der Waals surface area contributed by atoms with Crippen LogP contribution in [0.2, 0.25) is 0 Å². The van der Waals surface area contributed by atoms with Gasteiger partial charge < -0.3 is 0 Å². The number of nitrogens with zero attached hydrogens (tertiary/aromatic N) is 20. The molecule has 5 saturated carbocycles. The molecular weight excluding hydrogens is 981 g/mol. The molecule has 15 heterocycles. The molecule has 20 rings (SSSR count). The smallest absolute Gasteiger partial charge is 0.279 e. The molecule has 75 heavy (non-hydrogen) atoms. The molecule has 15 saturated heterocycles. The summed E-state index contributed by atoms with van der Waals surface area (Å²) >= 11 is 0. The first-order chi connectivity index (χ1) is 36.2. The Morgan fingerprint density at radius 1 is 0.160 bits per heavy atom. The fraction of sp³-hybridized carbons (Fsp3) is 0.778. The van der Waals surface area contributed by atoms with E-state index in [9.17, 15) is 0 Å². The van der Waals surface area contributed by atoms with Gasteiger partial charge in [-0.15, -0.1) is 0 Å². The van der Waals surface area contributed by atoms with Crippen LogP contribution in [0.5, 0.6) is 0 Å². The summed E-state index contributed by atoms with van der Waals surface area (Å²) in [6, 6.07) is -5.35. The van der Waals surface area contributed by atoms with E-state index in [1.165, 1.54) is 0 Å². The third kappa shape index (κ3) is 2.77. The molecule has 0 aromatic rings. The first-order valence-corrected chi connectivity index (χ1v) is 27.1. The molecule has 390 valence electrons. The Morgan fingerprint density at radius 3 is 0.320 bits per heavy atom. The minimum Gasteiger partial charge on any atom is -0.279 e. The second-order valence-electron chi connectivity index (χ2n) is 25.2. The number of urea groups is 10. The molecule has 30 nitrogen and oxygen atoms in total. The minimum atomic E-state index is -1.56. The summed E-state index contributed by atoms with van der Waals surface area (Å²) in [5.41, 5.74) is -15.6. The summed E-state index contributed by atoms with van der Waals surface area (Å²) in [4.78, 5) is 197. The Hall–Kier alpha value is -7.30. The van der Waals surface area contributed by atoms with E-state index in [0.717, 1.165) is 0 Å². The zero-order chi connectivity index (χ0) is 50.0. The lowest BCUT2D eigenvalue weighted by molar-refractivity contribution is -0.145. The minimum absolute atomic E-state index is 0.239. The summed E-state index contributed by atoms with van der Waals surface area (Å²) in [5, 5.41) is 0. The third-order valence-corrected chi connectivity index (χ3v) is 24.8. The van der Waals surface area contributed by atoms with Crippen molar-refractivity contribution in [2.45, 2.75) is 153 Å². The van der Waals surface area contributed by atoms with Crippen molar-refractivity contribution >= 4 is 60.3 Å². The molecule has 15 aliphatic heterocycles. The average Bonchev–Trinajstić information content (AvgIpc) is 4.38. The topological polar surface area (TPSA) is 236 Å². The van der Waals surface area contributed by atoms with E-state index in [1.807, 2.05) is 0 Å². The summed E-state index contributed by atoms with van der Waals surface area (Å²) in [6.45, 7) is -3.90. The average molecular weight is 1030 g/mol. The van der Waals surface area contributed by atoms with E-state index in [2.05, 4.69) is 0 Å². The molecule has 30 bridgehead atoms. The number of carbonyl (C=O) groups excluding carboxylic acids is 10. The lowest BCUT2D eigenvalue weighted by Crippen LogP contribution is -2.74. The molecule has 20 fully saturated rings. The van der Waals surface area contributed by atoms with E-state index in [-0.39, 0.29) is 64.2 Å². The van der Waals surface area contributed by atoms with Crippen molar-refractivity contribution in [2.75, 3.05) is 66.7 Å². The fourth-order valence-electron chi connectivity index (χ4n) is 23.0. The van der Waals surface area contributed by atoms with Crippen LogP contribution in [-0.2, 0) is 0 Å². The van der Waals surface area contributed by atoms with E-state index < -0.39 is 184 Å². The number of amides is 20. The van der Waals surface area contributed by atoms with Crippen LogP contribution in [0.25, 0.3) is 0 Å². The van der Waals surface area contributed by atoms with Gasteiger partial charge in [-0.1, -0.05) is 0 Å². The van der Waals surface area contributed by atoms with E-state index >= 15 is 47.9 Å². The predicted octanol–water partition coefficient (Wildman–Crippen LogP) is -0.0985. The molecule has 0 aromatic heterocycles. The number of hydrogen-bond acceptors (Lipinski definition) is 10. The Bertz CT molecular complexity index is 2390. The van der Waals surface area contributed by atoms with Gasteiger partial charge >= 0.3 is 60.3 Å². The summed E-state index contributed by atoms with van der Waals surface area (Å²) in [5.74, 6) is 0. The predicted molar refractivity (Wildman–Crippen MR) is 236 cm³/mol. The van der Waals surface area contributed by atoms with Gasteiger partial charge in [0.25, 0.3) is 0 Å². The van der Waals surface area contributed by atoms with Crippen LogP contribution in [0, 0.1) is 0 Å². The lowest BCUT2D eigenvalue weighted by Gasteiger charge is -2.53. The van der Waals surface area contributed by atoms with Gasteiger partial charge in [-0.2, -0.15) is 0 Å². The summed E-state index contributed by atoms with van der Waals surface area (Å²) in [7, 11) is 0. The lowest BCUT2D eigenvalue weighted by atomic mass is 9.91. The molecule has 30 heteroatoms. The molecule has 0 radical (unpaired) electrons. The van der Waals surface area contributed by atoms with Crippen molar-refractivity contribution < 1.29 is 47.9 Å². The monoisotopic (exact) mass is 1030 g/mol. The first-order valence-electron chi connectivity index (χ1n) is 27.1. The highest BCUT2D eigenvalue weighted by Crippen LogP contribution is 2.73. The van der Waals surface area contributed by atoms with Crippen molar-refractivity contribution in [3.8, 4) is 0 Å². The molecular formula is C45H50N20O10. The first kappa shape index (κ1) is 39.2. The van der Waals surface area contributed by atoms with E-state index in [4.69, 9.17) is 0 Å². The normalized spacial score (nSPS) is 48.3. The molecule has 5 aliphatic carbocycles. The fourth-order valence-corrected chi connectivity index (χ4v) is 23.0. The zero-order valence-corrected chi connectivity index (χ0v) is 40.7. The van der Waals surface area contributed by atoms with Crippen LogP contribution in [0.3, 0.4) is 0 Å². The van der Waals surface area contributed by atoms with Crippen molar-refractivity contribution in [3.05, 3.63) is 0 Å². The highest BCUT2D eigenvalue weighted by atomic mass is 16.3. The highest BCUT2D eigenvalue weighted by molar-refractivity contribution is 5.98. The molecule has 0 aromatic carbocycles. The van der Waals surface area contributed by atoms with Crippen LogP contribution < -0.4 is 0 Å². The standard InChI is InChI=1S/C45H50N20O10/c66-26-46-16-50-28(68)54-20-58-32(72)62-24-65-35(75)61-23-57-31(71)53-19-49(26)37-7-1-6-36(37,46)48-18-52-30(70)56(41(53)11-3-10-40(41,52)57)22-60-34(74)64(45(61)15-5-14-44(45,60)65)25-63-33(73)59(43(62)13-4-12-42(43,58)63)21-55-29(69)51(17-47(37)27(48)67)39(54)9-2-8-38(39,50)55/h1-25H2. The molecule has 20 aliphatic rings. The van der Waals surface area contributed by atoms with Crippen molar-refractivity contribution in [3.63, 3.8) is 0 Å². The van der Waals surface area contributed by atoms with Gasteiger partial charge in [0.05, 0.1) is 0 Å². The Labute approximate surface area is 424 Å². The number of carbonyl (C=O) groups is 10. The van der Waals surface area contributed by atoms with Crippen LogP contribution in [0.4, 0.5) is 47.9 Å². The molecule has 20 amide bonds. The Kier molecular flexibility index (Phi) is 5.35. The quantitative estimate of drug-likeness (QED) is 0.313. The maximum atomic E-state index is 16.4. The van der Waals surface area contributed by atoms with Crippen LogP contribution in [-0.4, -0.2) is 282 Å². The van der Waals surface area contributed by atoms with Gasteiger partial charge in [0.2, 0.25) is 0 Å². The summed E-state index contributed by atoms with van der Waals surface area (Å²) in [6.07, 6.45) is 4.91. The SMILES string of the molecule is O=C1N2CN3C(=O)N4CN5C(=O)N6CN7C(=O)N8CN9C(=O)N%10CN1C1%11CCCC21N1CN2C(=O)N(CN%12C(=O)N(CN%13C(=O)N(CN%14C(=O)N(CN%11C1=O)C41CCCC3%141)C61CCCC5%131)C81CCCC%1271)C%101CCCC291. The molecule has 0 unspecified atom stereocenters. The maximum Gasteiger partial charge on any atom is 0.326 e. The highest BCUT2D eigenvalue weighted by Gasteiger charge is 2.93. The van der Waals surface area contributed by atoms with Gasteiger partial charge in [-0.3, -0.25) is 98.0 Å². The third-order valence-electron chi connectivity index (χ3n) is 24.8. The van der Waals surface area contributed by atoms with E-state index in [0.29, 0.717) is 32.1 Å². The summed E-state index contributed by atoms with van der Waals surface area (Å²) < 4.78 is 0. The number of rotatable bonds is 0. The second kappa shape index (κ2) is 10.2. The van der Waals surface area contributed by atoms with Crippen molar-refractivity contribution in [2.24, 2.45) is 0 Å². The Balaban J connectivity index is 0.938. The van der Waals surface area contributed by atoms with Crippen molar-refractivity contribution in [1.82, 2.24) is 98.0 Å². The van der Waals surface area contributed by atoms with Crippen molar-refractivity contribution in [1.29, 1.82) is 0 Å². The molecule has 0 N–H and O–H groups in total. The molecule has 0 atom stereocenters. The van der Waals surface area contributed by atoms with Gasteiger partial charge in [0.15, 0.2) is 56.6 Å².